The Kier molecular flexibility index (Phi) is 6.91. The van der Waals surface area contributed by atoms with Crippen LogP contribution in [0.3, 0.4) is 0 Å². The van der Waals surface area contributed by atoms with Crippen LogP contribution in [0.25, 0.3) is 5.69 Å². The zero-order valence-corrected chi connectivity index (χ0v) is 18.5. The number of unbranched alkanes of at least 4 members (excludes halogenated alkanes) is 2. The highest BCUT2D eigenvalue weighted by Crippen LogP contribution is 2.38. The Labute approximate surface area is 176 Å². The number of imidazole rings is 1. The van der Waals surface area contributed by atoms with Crippen LogP contribution in [0.15, 0.2) is 38.4 Å². The summed E-state index contributed by atoms with van der Waals surface area (Å²) in [4.78, 5) is 21.2. The van der Waals surface area contributed by atoms with Crippen molar-refractivity contribution in [3.8, 4) is 5.69 Å². The molecule has 0 fully saturated rings. The standard InChI is InChI=1S/C18H21FN4O3S3/c1-12-13(2)28-17(27-10-5-3-4-8-19)15-16(21-18(24)23(12)15)22-29(25,26)14-7-6-9-20-11-14/h6-7,9,11H,3-5,8,10H2,1-2H3,(H,21,22,24). The average molecular weight is 457 g/mol. The van der Waals surface area contributed by atoms with Crippen molar-refractivity contribution in [2.24, 2.45) is 0 Å². The molecule has 0 amide bonds. The summed E-state index contributed by atoms with van der Waals surface area (Å²) in [5.74, 6) is 0.743. The van der Waals surface area contributed by atoms with E-state index in [1.54, 1.807) is 6.92 Å². The smallest absolute Gasteiger partial charge is 0.263 e. The average Bonchev–Trinajstić information content (AvgIpc) is 3.01. The SMILES string of the molecule is Cc1sc(SCCCCCF)c2c(NS(=O)(=O)c3cccnc3)nc(=O)n-2c1C. The maximum absolute atomic E-state index is 12.7. The normalized spacial score (nSPS) is 11.8. The minimum absolute atomic E-state index is 0.00413. The van der Waals surface area contributed by atoms with E-state index >= 15 is 0 Å². The molecule has 2 aliphatic rings. The van der Waals surface area contributed by atoms with Gasteiger partial charge in [-0.2, -0.15) is 4.98 Å². The lowest BCUT2D eigenvalue weighted by molar-refractivity contribution is 0.460. The topological polar surface area (TPSA) is 94.0 Å². The zero-order valence-electron chi connectivity index (χ0n) is 16.0. The number of rotatable bonds is 9. The van der Waals surface area contributed by atoms with E-state index in [1.165, 1.54) is 52.2 Å². The van der Waals surface area contributed by atoms with Gasteiger partial charge in [0.25, 0.3) is 10.0 Å². The number of sulfonamides is 1. The Bertz CT molecular complexity index is 1110. The Balaban J connectivity index is 1.99. The number of aromatic nitrogens is 3. The minimum Gasteiger partial charge on any atom is -0.263 e. The Morgan fingerprint density at radius 3 is 2.76 bits per heavy atom. The van der Waals surface area contributed by atoms with Crippen LogP contribution < -0.4 is 10.4 Å². The first kappa shape index (κ1) is 21.7. The number of aryl methyl sites for hydroxylation is 1. The summed E-state index contributed by atoms with van der Waals surface area (Å²) in [6, 6.07) is 2.94. The molecule has 1 aromatic heterocycles. The van der Waals surface area contributed by atoms with Crippen LogP contribution in [0.1, 0.15) is 29.8 Å². The highest BCUT2D eigenvalue weighted by molar-refractivity contribution is 8.01. The summed E-state index contributed by atoms with van der Waals surface area (Å²) < 4.78 is 42.4. The van der Waals surface area contributed by atoms with Gasteiger partial charge in [0.2, 0.25) is 0 Å². The van der Waals surface area contributed by atoms with Gasteiger partial charge in [0.1, 0.15) is 10.6 Å². The second-order valence-corrected chi connectivity index (χ2v) is 10.6. The third-order valence-electron chi connectivity index (χ3n) is 4.32. The number of hydrogen-bond donors (Lipinski definition) is 1. The number of alkyl halides is 1. The first-order chi connectivity index (χ1) is 13.8. The zero-order chi connectivity index (χ0) is 21.0. The van der Waals surface area contributed by atoms with Crippen LogP contribution in [0.2, 0.25) is 0 Å². The predicted octanol–water partition coefficient (Wildman–Crippen LogP) is 3.78. The molecule has 11 heteroatoms. The number of halogens is 1. The van der Waals surface area contributed by atoms with Crippen LogP contribution in [-0.4, -0.2) is 35.4 Å². The van der Waals surface area contributed by atoms with E-state index in [4.69, 9.17) is 0 Å². The quantitative estimate of drug-likeness (QED) is 0.389. The van der Waals surface area contributed by atoms with Gasteiger partial charge in [-0.3, -0.25) is 18.7 Å². The van der Waals surface area contributed by atoms with Gasteiger partial charge in [0.05, 0.1) is 10.9 Å². The van der Waals surface area contributed by atoms with Gasteiger partial charge < -0.3 is 0 Å². The lowest BCUT2D eigenvalue weighted by Crippen LogP contribution is -2.17. The van der Waals surface area contributed by atoms with Crippen LogP contribution >= 0.6 is 23.1 Å². The summed E-state index contributed by atoms with van der Waals surface area (Å²) in [6.07, 6.45) is 4.85. The fourth-order valence-electron chi connectivity index (χ4n) is 2.72. The third kappa shape index (κ3) is 4.78. The molecule has 0 unspecified atom stereocenters. The van der Waals surface area contributed by atoms with Crippen LogP contribution in [0.5, 0.6) is 0 Å². The molecule has 1 N–H and O–H groups in total. The van der Waals surface area contributed by atoms with E-state index in [0.717, 1.165) is 33.4 Å². The van der Waals surface area contributed by atoms with Crippen molar-refractivity contribution in [2.45, 2.75) is 42.2 Å². The summed E-state index contributed by atoms with van der Waals surface area (Å²) in [5, 5.41) is 0. The molecule has 0 bridgehead atoms. The van der Waals surface area contributed by atoms with Gasteiger partial charge in [-0.15, -0.1) is 23.1 Å². The summed E-state index contributed by atoms with van der Waals surface area (Å²) in [6.45, 7) is 3.38. The van der Waals surface area contributed by atoms with Crippen LogP contribution in [0, 0.1) is 13.8 Å². The third-order valence-corrected chi connectivity index (χ3v) is 8.17. The lowest BCUT2D eigenvalue weighted by atomic mass is 10.3. The predicted molar refractivity (Wildman–Crippen MR) is 114 cm³/mol. The van der Waals surface area contributed by atoms with E-state index in [1.807, 2.05) is 6.92 Å². The van der Waals surface area contributed by atoms with Crippen molar-refractivity contribution in [1.29, 1.82) is 0 Å². The van der Waals surface area contributed by atoms with Gasteiger partial charge in [-0.05, 0) is 44.6 Å². The van der Waals surface area contributed by atoms with Crippen LogP contribution in [-0.2, 0) is 10.0 Å². The molecular weight excluding hydrogens is 435 g/mol. The Hall–Kier alpha value is -1.98. The van der Waals surface area contributed by atoms with Crippen molar-refractivity contribution in [2.75, 3.05) is 17.1 Å². The molecule has 0 saturated carbocycles. The molecule has 0 radical (unpaired) electrons. The molecule has 0 saturated heterocycles. The fraction of sp³-hybridized carbons (Fsp3) is 0.389. The maximum Gasteiger partial charge on any atom is 0.354 e. The summed E-state index contributed by atoms with van der Waals surface area (Å²) in [7, 11) is -3.94. The molecule has 0 spiro atoms. The molecule has 156 valence electrons. The molecule has 0 aliphatic carbocycles. The van der Waals surface area contributed by atoms with Crippen molar-refractivity contribution in [3.63, 3.8) is 0 Å². The lowest BCUT2D eigenvalue weighted by Gasteiger charge is -2.15. The molecule has 29 heavy (non-hydrogen) atoms. The number of thioether (sulfide) groups is 1. The van der Waals surface area contributed by atoms with Gasteiger partial charge in [-0.1, -0.05) is 6.42 Å². The number of nitrogens with one attached hydrogen (secondary N) is 1. The molecule has 7 nitrogen and oxygen atoms in total. The van der Waals surface area contributed by atoms with E-state index in [2.05, 4.69) is 14.7 Å². The van der Waals surface area contributed by atoms with E-state index in [-0.39, 0.29) is 17.4 Å². The second kappa shape index (κ2) is 9.23. The van der Waals surface area contributed by atoms with Gasteiger partial charge in [0, 0.05) is 23.0 Å². The van der Waals surface area contributed by atoms with Crippen molar-refractivity contribution in [1.82, 2.24) is 14.5 Å². The summed E-state index contributed by atoms with van der Waals surface area (Å²) in [5.41, 5.74) is 0.638. The molecule has 1 aromatic rings. The van der Waals surface area contributed by atoms with Crippen molar-refractivity contribution >= 4 is 38.9 Å². The van der Waals surface area contributed by atoms with E-state index < -0.39 is 15.7 Å². The molecule has 2 aliphatic heterocycles. The van der Waals surface area contributed by atoms with E-state index in [9.17, 15) is 17.6 Å². The molecule has 0 atom stereocenters. The largest absolute Gasteiger partial charge is 0.354 e. The second-order valence-electron chi connectivity index (χ2n) is 6.35. The minimum atomic E-state index is -3.94. The highest BCUT2D eigenvalue weighted by atomic mass is 32.2. The fourth-order valence-corrected chi connectivity index (χ4v) is 6.21. The number of pyridine rings is 1. The number of fused-ring (bicyclic) bond motifs is 1. The maximum atomic E-state index is 12.7. The first-order valence-corrected chi connectivity index (χ1v) is 12.3. The van der Waals surface area contributed by atoms with Crippen molar-refractivity contribution < 1.29 is 12.8 Å². The molecule has 3 heterocycles. The van der Waals surface area contributed by atoms with Crippen LogP contribution in [0.4, 0.5) is 10.2 Å². The van der Waals surface area contributed by atoms with Gasteiger partial charge in [-0.25, -0.2) is 13.2 Å². The number of hydrogen-bond acceptors (Lipinski definition) is 7. The van der Waals surface area contributed by atoms with E-state index in [0.29, 0.717) is 12.1 Å². The van der Waals surface area contributed by atoms with Gasteiger partial charge in [0.15, 0.2) is 5.82 Å². The summed E-state index contributed by atoms with van der Waals surface area (Å²) >= 11 is 3.01. The molecule has 0 aromatic carbocycles. The number of nitrogens with zero attached hydrogens (tertiary/aromatic N) is 3. The monoisotopic (exact) mass is 456 g/mol. The Morgan fingerprint density at radius 1 is 1.28 bits per heavy atom. The molecule has 3 rings (SSSR count). The number of anilines is 1. The van der Waals surface area contributed by atoms with Crippen molar-refractivity contribution in [3.05, 3.63) is 45.6 Å². The molecular formula is C18H21FN4O3S3. The Morgan fingerprint density at radius 2 is 2.07 bits per heavy atom. The first-order valence-electron chi connectivity index (χ1n) is 8.99. The van der Waals surface area contributed by atoms with Gasteiger partial charge >= 0.3 is 5.69 Å². The highest BCUT2D eigenvalue weighted by Gasteiger charge is 2.26.